The van der Waals surface area contributed by atoms with Gasteiger partial charge in [-0.15, -0.1) is 11.3 Å². The third-order valence-electron chi connectivity index (χ3n) is 6.07. The Morgan fingerprint density at radius 2 is 1.96 bits per heavy atom. The van der Waals surface area contributed by atoms with Gasteiger partial charge in [0.25, 0.3) is 0 Å². The molecule has 5 rings (SSSR count). The summed E-state index contributed by atoms with van der Waals surface area (Å²) in [4.78, 5) is 37.3. The van der Waals surface area contributed by atoms with Crippen LogP contribution >= 0.6 is 11.3 Å². The normalized spacial score (nSPS) is 35.4. The molecule has 4 bridgehead atoms. The van der Waals surface area contributed by atoms with E-state index < -0.39 is 5.41 Å². The number of hydrogen-bond donors (Lipinski definition) is 1. The molecule has 0 radical (unpaired) electrons. The second kappa shape index (κ2) is 5.94. The Balaban J connectivity index is 1.48. The molecule has 5 nitrogen and oxygen atoms in total. The summed E-state index contributed by atoms with van der Waals surface area (Å²) in [7, 11) is 0. The maximum absolute atomic E-state index is 12.9. The van der Waals surface area contributed by atoms with Crippen LogP contribution in [0.3, 0.4) is 0 Å². The third-order valence-corrected chi connectivity index (χ3v) is 6.98. The lowest BCUT2D eigenvalue weighted by atomic mass is 9.47. The molecule has 2 atom stereocenters. The van der Waals surface area contributed by atoms with Crippen molar-refractivity contribution in [3.63, 3.8) is 0 Å². The number of ketones is 1. The van der Waals surface area contributed by atoms with Crippen LogP contribution in [0.5, 0.6) is 0 Å². The number of carbonyl (C=O) groups excluding carboxylic acids is 3. The van der Waals surface area contributed by atoms with Gasteiger partial charge in [-0.05, 0) is 61.8 Å². The SMILES string of the molecule is CC(=O)NC12CC3CC(C1)CC(C(=O)OCC(=O)c1cccs1)(C3)C2. The molecule has 6 heteroatoms. The lowest BCUT2D eigenvalue weighted by Gasteiger charge is -2.60. The van der Waals surface area contributed by atoms with E-state index in [1.807, 2.05) is 11.4 Å². The van der Waals surface area contributed by atoms with Gasteiger partial charge in [0.05, 0.1) is 10.3 Å². The zero-order valence-corrected chi connectivity index (χ0v) is 15.2. The fourth-order valence-corrected chi connectivity index (χ4v) is 6.46. The van der Waals surface area contributed by atoms with Crippen LogP contribution in [0, 0.1) is 17.3 Å². The van der Waals surface area contributed by atoms with Gasteiger partial charge < -0.3 is 10.1 Å². The standard InChI is InChI=1S/C19H23NO4S/c1-12(21)20-19-8-13-5-14(9-19)7-18(6-13,11-19)17(23)24-10-15(22)16-3-2-4-25-16/h2-4,13-14H,5-11H2,1H3,(H,20,21). The number of Topliss-reactive ketones (excluding diaryl/α,β-unsaturated/α-hetero) is 1. The average Bonchev–Trinajstić information content (AvgIpc) is 3.04. The Hall–Kier alpha value is -1.69. The van der Waals surface area contributed by atoms with Crippen molar-refractivity contribution in [2.24, 2.45) is 17.3 Å². The summed E-state index contributed by atoms with van der Waals surface area (Å²) in [5.74, 6) is 0.506. The van der Waals surface area contributed by atoms with Crippen LogP contribution in [0.15, 0.2) is 17.5 Å². The third kappa shape index (κ3) is 3.01. The van der Waals surface area contributed by atoms with Gasteiger partial charge in [-0.2, -0.15) is 0 Å². The number of rotatable bonds is 5. The number of thiophene rings is 1. The predicted octanol–water partition coefficient (Wildman–Crippen LogP) is 2.95. The van der Waals surface area contributed by atoms with Crippen LogP contribution in [0.2, 0.25) is 0 Å². The van der Waals surface area contributed by atoms with E-state index in [4.69, 9.17) is 4.74 Å². The van der Waals surface area contributed by atoms with Crippen molar-refractivity contribution in [1.82, 2.24) is 5.32 Å². The van der Waals surface area contributed by atoms with Crippen LogP contribution in [0.25, 0.3) is 0 Å². The Morgan fingerprint density at radius 1 is 1.24 bits per heavy atom. The largest absolute Gasteiger partial charge is 0.457 e. The first-order valence-corrected chi connectivity index (χ1v) is 9.80. The van der Waals surface area contributed by atoms with Crippen molar-refractivity contribution in [2.75, 3.05) is 6.61 Å². The minimum absolute atomic E-state index is 0.0293. The molecule has 0 aromatic carbocycles. The van der Waals surface area contributed by atoms with E-state index in [0.29, 0.717) is 23.1 Å². The molecule has 134 valence electrons. The molecular weight excluding hydrogens is 338 g/mol. The number of carbonyl (C=O) groups is 3. The van der Waals surface area contributed by atoms with E-state index in [-0.39, 0.29) is 29.8 Å². The Bertz CT molecular complexity index is 697. The van der Waals surface area contributed by atoms with Crippen LogP contribution < -0.4 is 5.32 Å². The molecule has 25 heavy (non-hydrogen) atoms. The first-order chi connectivity index (χ1) is 11.9. The number of nitrogens with one attached hydrogen (secondary N) is 1. The molecule has 1 heterocycles. The van der Waals surface area contributed by atoms with Crippen LogP contribution in [0.4, 0.5) is 0 Å². The second-order valence-corrected chi connectivity index (χ2v) is 9.13. The van der Waals surface area contributed by atoms with Crippen LogP contribution in [-0.2, 0) is 14.3 Å². The van der Waals surface area contributed by atoms with Gasteiger partial charge in [0.1, 0.15) is 0 Å². The van der Waals surface area contributed by atoms with Gasteiger partial charge in [-0.3, -0.25) is 14.4 Å². The Morgan fingerprint density at radius 3 is 2.56 bits per heavy atom. The minimum atomic E-state index is -0.526. The van der Waals surface area contributed by atoms with Gasteiger partial charge >= 0.3 is 5.97 Å². The summed E-state index contributed by atoms with van der Waals surface area (Å²) in [6.07, 6.45) is 5.38. The van der Waals surface area contributed by atoms with Crippen molar-refractivity contribution in [2.45, 2.75) is 51.0 Å². The van der Waals surface area contributed by atoms with E-state index in [1.54, 1.807) is 13.0 Å². The van der Waals surface area contributed by atoms with E-state index in [0.717, 1.165) is 32.1 Å². The molecule has 4 saturated carbocycles. The Kier molecular flexibility index (Phi) is 3.98. The zero-order valence-electron chi connectivity index (χ0n) is 14.4. The summed E-state index contributed by atoms with van der Waals surface area (Å²) >= 11 is 1.36. The van der Waals surface area contributed by atoms with Gasteiger partial charge in [0.2, 0.25) is 11.7 Å². The van der Waals surface area contributed by atoms with Crippen molar-refractivity contribution in [3.8, 4) is 0 Å². The summed E-state index contributed by atoms with van der Waals surface area (Å²) in [5, 5.41) is 4.98. The summed E-state index contributed by atoms with van der Waals surface area (Å²) in [6, 6.07) is 3.56. The second-order valence-electron chi connectivity index (χ2n) is 8.18. The predicted molar refractivity (Wildman–Crippen MR) is 93.3 cm³/mol. The number of hydrogen-bond acceptors (Lipinski definition) is 5. The first-order valence-electron chi connectivity index (χ1n) is 8.92. The highest BCUT2D eigenvalue weighted by Gasteiger charge is 2.61. The van der Waals surface area contributed by atoms with Gasteiger partial charge in [0, 0.05) is 12.5 Å². The molecule has 1 aromatic heterocycles. The monoisotopic (exact) mass is 361 g/mol. The minimum Gasteiger partial charge on any atom is -0.457 e. The fraction of sp³-hybridized carbons (Fsp3) is 0.632. The van der Waals surface area contributed by atoms with Crippen molar-refractivity contribution < 1.29 is 19.1 Å². The molecule has 1 amide bonds. The smallest absolute Gasteiger partial charge is 0.312 e. The van der Waals surface area contributed by atoms with E-state index >= 15 is 0 Å². The number of esters is 1. The quantitative estimate of drug-likeness (QED) is 0.646. The molecular formula is C19H23NO4S. The van der Waals surface area contributed by atoms with Gasteiger partial charge in [-0.1, -0.05) is 6.07 Å². The summed E-state index contributed by atoms with van der Waals surface area (Å²) in [5.41, 5.74) is -0.783. The maximum Gasteiger partial charge on any atom is 0.312 e. The molecule has 4 aliphatic rings. The molecule has 0 saturated heterocycles. The summed E-state index contributed by atoms with van der Waals surface area (Å²) < 4.78 is 5.47. The van der Waals surface area contributed by atoms with Crippen molar-refractivity contribution in [3.05, 3.63) is 22.4 Å². The molecule has 0 spiro atoms. The van der Waals surface area contributed by atoms with E-state index in [1.165, 1.54) is 11.3 Å². The maximum atomic E-state index is 12.9. The van der Waals surface area contributed by atoms with Gasteiger partial charge in [-0.25, -0.2) is 0 Å². The highest BCUT2D eigenvalue weighted by atomic mass is 32.1. The summed E-state index contributed by atoms with van der Waals surface area (Å²) in [6.45, 7) is 1.35. The Labute approximate surface area is 151 Å². The first kappa shape index (κ1) is 16.8. The van der Waals surface area contributed by atoms with E-state index in [2.05, 4.69) is 5.32 Å². The zero-order chi connectivity index (χ0) is 17.7. The van der Waals surface area contributed by atoms with E-state index in [9.17, 15) is 14.4 Å². The van der Waals surface area contributed by atoms with Crippen molar-refractivity contribution >= 4 is 29.0 Å². The molecule has 1 N–H and O–H groups in total. The number of amides is 1. The fourth-order valence-electron chi connectivity index (χ4n) is 5.81. The molecule has 0 aliphatic heterocycles. The van der Waals surface area contributed by atoms with Crippen LogP contribution in [0.1, 0.15) is 55.1 Å². The van der Waals surface area contributed by atoms with Crippen molar-refractivity contribution in [1.29, 1.82) is 0 Å². The lowest BCUT2D eigenvalue weighted by molar-refractivity contribution is -0.174. The topological polar surface area (TPSA) is 72.5 Å². The van der Waals surface area contributed by atoms with Gasteiger partial charge in [0.15, 0.2) is 6.61 Å². The highest BCUT2D eigenvalue weighted by Crippen LogP contribution is 2.62. The molecule has 4 fully saturated rings. The lowest BCUT2D eigenvalue weighted by Crippen LogP contribution is -2.64. The molecule has 1 aromatic rings. The average molecular weight is 361 g/mol. The van der Waals surface area contributed by atoms with Crippen LogP contribution in [-0.4, -0.2) is 29.8 Å². The highest BCUT2D eigenvalue weighted by molar-refractivity contribution is 7.12. The molecule has 4 aliphatic carbocycles. The number of ether oxygens (including phenoxy) is 1. The molecule has 2 unspecified atom stereocenters.